The van der Waals surface area contributed by atoms with Gasteiger partial charge in [0.05, 0.1) is 5.39 Å². The average molecular weight is 373 g/mol. The van der Waals surface area contributed by atoms with Gasteiger partial charge in [0, 0.05) is 36.3 Å². The van der Waals surface area contributed by atoms with Crippen LogP contribution in [0.3, 0.4) is 0 Å². The van der Waals surface area contributed by atoms with Gasteiger partial charge in [0.25, 0.3) is 11.5 Å². The molecule has 0 spiro atoms. The molecule has 4 heterocycles. The van der Waals surface area contributed by atoms with Crippen LogP contribution >= 0.6 is 0 Å². The molecule has 1 aliphatic rings. The zero-order valence-electron chi connectivity index (χ0n) is 15.2. The number of rotatable bonds is 2. The first-order valence-electron chi connectivity index (χ1n) is 9.41. The number of carbonyl (C=O) groups excluding carboxylic acids is 1. The van der Waals surface area contributed by atoms with Gasteiger partial charge in [-0.1, -0.05) is 18.2 Å². The number of fused-ring (bicyclic) bond motifs is 2. The molecule has 0 saturated carbocycles. The van der Waals surface area contributed by atoms with Crippen LogP contribution in [0, 0.1) is 0 Å². The van der Waals surface area contributed by atoms with Crippen molar-refractivity contribution >= 4 is 27.7 Å². The Bertz CT molecular complexity index is 1230. The van der Waals surface area contributed by atoms with Crippen LogP contribution in [0.15, 0.2) is 53.6 Å². The fourth-order valence-corrected chi connectivity index (χ4v) is 4.14. The van der Waals surface area contributed by atoms with Crippen LogP contribution in [0.5, 0.6) is 0 Å². The van der Waals surface area contributed by atoms with Gasteiger partial charge >= 0.3 is 0 Å². The van der Waals surface area contributed by atoms with Crippen molar-refractivity contribution in [3.63, 3.8) is 0 Å². The summed E-state index contributed by atoms with van der Waals surface area (Å²) >= 11 is 0. The van der Waals surface area contributed by atoms with E-state index in [1.165, 1.54) is 5.56 Å². The minimum atomic E-state index is -0.279. The van der Waals surface area contributed by atoms with Gasteiger partial charge in [-0.3, -0.25) is 9.59 Å². The number of pyridine rings is 1. The molecule has 7 nitrogen and oxygen atoms in total. The smallest absolute Gasteiger partial charge is 0.274 e. The van der Waals surface area contributed by atoms with Gasteiger partial charge < -0.3 is 9.88 Å². The van der Waals surface area contributed by atoms with Gasteiger partial charge in [-0.15, -0.1) is 0 Å². The summed E-state index contributed by atoms with van der Waals surface area (Å²) in [5.41, 5.74) is 2.20. The second kappa shape index (κ2) is 6.60. The standard InChI is InChI=1S/C21H19N5O2/c27-20-16-5-2-1-4-14(16)18(24-25-20)21(28)26-10-7-13(8-11-26)17-12-23-19-15(17)6-3-9-22-19/h1-6,9,12-13H,7-8,10-11H2,(H,22,23)(H,25,27). The number of likely N-dealkylation sites (tertiary alicyclic amines) is 1. The van der Waals surface area contributed by atoms with Crippen molar-refractivity contribution in [1.82, 2.24) is 25.1 Å². The Morgan fingerprint density at radius 3 is 2.61 bits per heavy atom. The first kappa shape index (κ1) is 16.7. The largest absolute Gasteiger partial charge is 0.346 e. The van der Waals surface area contributed by atoms with Crippen molar-refractivity contribution in [2.75, 3.05) is 13.1 Å². The van der Waals surface area contributed by atoms with E-state index >= 15 is 0 Å². The number of nitrogens with one attached hydrogen (secondary N) is 2. The van der Waals surface area contributed by atoms with Crippen molar-refractivity contribution in [1.29, 1.82) is 0 Å². The van der Waals surface area contributed by atoms with E-state index in [2.05, 4.69) is 26.2 Å². The maximum Gasteiger partial charge on any atom is 0.274 e. The lowest BCUT2D eigenvalue weighted by Crippen LogP contribution is -2.38. The number of carbonyl (C=O) groups is 1. The molecule has 28 heavy (non-hydrogen) atoms. The first-order chi connectivity index (χ1) is 13.7. The van der Waals surface area contributed by atoms with E-state index in [9.17, 15) is 9.59 Å². The van der Waals surface area contributed by atoms with E-state index in [0.29, 0.717) is 35.5 Å². The number of aromatic amines is 2. The molecule has 3 aromatic heterocycles. The molecule has 1 fully saturated rings. The topological polar surface area (TPSA) is 94.7 Å². The minimum absolute atomic E-state index is 0.133. The first-order valence-corrected chi connectivity index (χ1v) is 9.41. The van der Waals surface area contributed by atoms with Gasteiger partial charge in [0.1, 0.15) is 5.65 Å². The quantitative estimate of drug-likeness (QED) is 0.565. The van der Waals surface area contributed by atoms with Crippen LogP contribution in [-0.2, 0) is 0 Å². The molecule has 1 aliphatic heterocycles. The van der Waals surface area contributed by atoms with E-state index < -0.39 is 0 Å². The number of hydrogen-bond donors (Lipinski definition) is 2. The van der Waals surface area contributed by atoms with Gasteiger partial charge in [0.2, 0.25) is 0 Å². The van der Waals surface area contributed by atoms with Crippen LogP contribution in [0.25, 0.3) is 21.8 Å². The Kier molecular flexibility index (Phi) is 3.93. The summed E-state index contributed by atoms with van der Waals surface area (Å²) in [5.74, 6) is 0.258. The number of benzene rings is 1. The molecule has 2 N–H and O–H groups in total. The van der Waals surface area contributed by atoms with Crippen molar-refractivity contribution in [2.45, 2.75) is 18.8 Å². The molecule has 0 bridgehead atoms. The fourth-order valence-electron chi connectivity index (χ4n) is 4.14. The van der Waals surface area contributed by atoms with E-state index in [-0.39, 0.29) is 11.5 Å². The maximum absolute atomic E-state index is 13.1. The number of H-pyrrole nitrogens is 2. The van der Waals surface area contributed by atoms with Gasteiger partial charge in [0.15, 0.2) is 5.69 Å². The van der Waals surface area contributed by atoms with Crippen molar-refractivity contribution in [3.8, 4) is 0 Å². The molecule has 4 aromatic rings. The SMILES string of the molecule is O=C(c1n[nH]c(=O)c2ccccc12)N1CCC(c2c[nH]c3ncccc23)CC1. The number of piperidine rings is 1. The lowest BCUT2D eigenvalue weighted by atomic mass is 9.89. The van der Waals surface area contributed by atoms with Crippen molar-refractivity contribution in [2.24, 2.45) is 0 Å². The fraction of sp³-hybridized carbons (Fsp3) is 0.238. The Balaban J connectivity index is 1.38. The van der Waals surface area contributed by atoms with Gasteiger partial charge in [-0.25, -0.2) is 10.1 Å². The van der Waals surface area contributed by atoms with Gasteiger partial charge in [-0.05, 0) is 42.5 Å². The molecule has 0 unspecified atom stereocenters. The highest BCUT2D eigenvalue weighted by atomic mass is 16.2. The van der Waals surface area contributed by atoms with Crippen LogP contribution in [0.1, 0.15) is 34.8 Å². The third-order valence-corrected chi connectivity index (χ3v) is 5.60. The highest BCUT2D eigenvalue weighted by Gasteiger charge is 2.28. The third kappa shape index (κ3) is 2.67. The summed E-state index contributed by atoms with van der Waals surface area (Å²) in [6.07, 6.45) is 5.59. The molecule has 7 heteroatoms. The summed E-state index contributed by atoms with van der Waals surface area (Å²) in [6.45, 7) is 1.32. The zero-order chi connectivity index (χ0) is 19.1. The Labute approximate surface area is 160 Å². The molecule has 0 radical (unpaired) electrons. The number of hydrogen-bond acceptors (Lipinski definition) is 4. The molecule has 0 aliphatic carbocycles. The van der Waals surface area contributed by atoms with Crippen LogP contribution in [-0.4, -0.2) is 44.1 Å². The minimum Gasteiger partial charge on any atom is -0.346 e. The van der Waals surface area contributed by atoms with E-state index in [0.717, 1.165) is 23.9 Å². The second-order valence-electron chi connectivity index (χ2n) is 7.16. The molecule has 1 amide bonds. The Morgan fingerprint density at radius 1 is 1.04 bits per heavy atom. The Hall–Kier alpha value is -3.48. The molecule has 1 saturated heterocycles. The molecule has 0 atom stereocenters. The summed E-state index contributed by atoms with van der Waals surface area (Å²) in [6, 6.07) is 11.1. The number of nitrogens with zero attached hydrogens (tertiary/aromatic N) is 3. The summed E-state index contributed by atoms with van der Waals surface area (Å²) in [4.78, 5) is 34.4. The third-order valence-electron chi connectivity index (χ3n) is 5.60. The predicted molar refractivity (Wildman–Crippen MR) is 106 cm³/mol. The zero-order valence-corrected chi connectivity index (χ0v) is 15.2. The van der Waals surface area contributed by atoms with E-state index in [1.807, 2.05) is 23.2 Å². The lowest BCUT2D eigenvalue weighted by molar-refractivity contribution is 0.0708. The second-order valence-corrected chi connectivity index (χ2v) is 7.16. The molecule has 5 rings (SSSR count). The van der Waals surface area contributed by atoms with Gasteiger partial charge in [-0.2, -0.15) is 5.10 Å². The van der Waals surface area contributed by atoms with Crippen LogP contribution in [0.2, 0.25) is 0 Å². The highest BCUT2D eigenvalue weighted by Crippen LogP contribution is 2.33. The molecular weight excluding hydrogens is 354 g/mol. The predicted octanol–water partition coefficient (Wildman–Crippen LogP) is 2.82. The summed E-state index contributed by atoms with van der Waals surface area (Å²) in [7, 11) is 0. The Morgan fingerprint density at radius 2 is 1.79 bits per heavy atom. The molecular formula is C21H19N5O2. The summed E-state index contributed by atoms with van der Waals surface area (Å²) < 4.78 is 0. The lowest BCUT2D eigenvalue weighted by Gasteiger charge is -2.31. The number of aromatic nitrogens is 4. The average Bonchev–Trinajstić information content (AvgIpc) is 3.18. The highest BCUT2D eigenvalue weighted by molar-refractivity contribution is 6.04. The van der Waals surface area contributed by atoms with Crippen molar-refractivity contribution < 1.29 is 4.79 Å². The van der Waals surface area contributed by atoms with E-state index in [1.54, 1.807) is 24.4 Å². The van der Waals surface area contributed by atoms with Crippen molar-refractivity contribution in [3.05, 3.63) is 70.4 Å². The monoisotopic (exact) mass is 373 g/mol. The molecule has 1 aromatic carbocycles. The van der Waals surface area contributed by atoms with Crippen LogP contribution in [0.4, 0.5) is 0 Å². The normalized spacial score (nSPS) is 15.4. The van der Waals surface area contributed by atoms with Crippen LogP contribution < -0.4 is 5.56 Å². The maximum atomic E-state index is 13.1. The molecule has 140 valence electrons. The summed E-state index contributed by atoms with van der Waals surface area (Å²) in [5, 5.41) is 8.74. The van der Waals surface area contributed by atoms with E-state index in [4.69, 9.17) is 0 Å². The number of amides is 1.